The Labute approximate surface area is 195 Å². The van der Waals surface area contributed by atoms with E-state index in [0.29, 0.717) is 18.0 Å². The fourth-order valence-electron chi connectivity index (χ4n) is 2.91. The lowest BCUT2D eigenvalue weighted by molar-refractivity contribution is 0.0928. The van der Waals surface area contributed by atoms with Crippen molar-refractivity contribution in [2.75, 3.05) is 18.0 Å². The Balaban J connectivity index is 1.72. The number of carbonyl (C=O) groups is 1. The first-order chi connectivity index (χ1) is 15.0. The van der Waals surface area contributed by atoms with Gasteiger partial charge in [-0.15, -0.1) is 0 Å². The summed E-state index contributed by atoms with van der Waals surface area (Å²) in [5.41, 5.74) is 2.14. The number of nitrogens with zero attached hydrogens (tertiary/aromatic N) is 2. The molecule has 31 heavy (non-hydrogen) atoms. The van der Waals surface area contributed by atoms with Crippen molar-refractivity contribution in [2.45, 2.75) is 33.1 Å². The normalized spacial score (nSPS) is 11.7. The Hall–Kier alpha value is -2.42. The topological polar surface area (TPSA) is 74.7 Å². The molecule has 0 fully saturated rings. The summed E-state index contributed by atoms with van der Waals surface area (Å²) in [6.07, 6.45) is 0.989. The molecule has 6 nitrogen and oxygen atoms in total. The third-order valence-corrected chi connectivity index (χ3v) is 6.10. The van der Waals surface area contributed by atoms with Gasteiger partial charge in [-0.25, -0.2) is 4.98 Å². The lowest BCUT2D eigenvalue weighted by atomic mass is 10.2. The average Bonchev–Trinajstić information content (AvgIpc) is 3.26. The number of thiazole rings is 1. The van der Waals surface area contributed by atoms with Crippen molar-refractivity contribution in [1.82, 2.24) is 10.3 Å². The quantitative estimate of drug-likeness (QED) is 0.422. The summed E-state index contributed by atoms with van der Waals surface area (Å²) < 4.78 is 7.08. The van der Waals surface area contributed by atoms with Crippen LogP contribution in [0.1, 0.15) is 34.6 Å². The van der Waals surface area contributed by atoms with Crippen molar-refractivity contribution < 1.29 is 14.6 Å². The Morgan fingerprint density at radius 3 is 2.77 bits per heavy atom. The van der Waals surface area contributed by atoms with Gasteiger partial charge in [0.1, 0.15) is 17.2 Å². The Bertz CT molecular complexity index is 995. The lowest BCUT2D eigenvalue weighted by Gasteiger charge is -2.22. The highest BCUT2D eigenvalue weighted by atomic mass is 79.9. The zero-order valence-corrected chi connectivity index (χ0v) is 19.9. The molecule has 0 radical (unpaired) electrons. The van der Waals surface area contributed by atoms with Crippen LogP contribution in [-0.2, 0) is 13.2 Å². The summed E-state index contributed by atoms with van der Waals surface area (Å²) >= 11 is 4.89. The summed E-state index contributed by atoms with van der Waals surface area (Å²) in [6, 6.07) is 16.0. The van der Waals surface area contributed by atoms with Gasteiger partial charge < -0.3 is 20.1 Å². The van der Waals surface area contributed by atoms with Crippen molar-refractivity contribution in [2.24, 2.45) is 0 Å². The molecule has 2 N–H and O–H groups in total. The van der Waals surface area contributed by atoms with Crippen molar-refractivity contribution in [3.63, 3.8) is 0 Å². The van der Waals surface area contributed by atoms with Gasteiger partial charge in [0.25, 0.3) is 5.91 Å². The van der Waals surface area contributed by atoms with E-state index in [-0.39, 0.29) is 12.5 Å². The first-order valence-electron chi connectivity index (χ1n) is 10.1. The molecule has 0 spiro atoms. The van der Waals surface area contributed by atoms with Gasteiger partial charge in [-0.3, -0.25) is 4.79 Å². The number of halogens is 1. The van der Waals surface area contributed by atoms with E-state index in [1.807, 2.05) is 48.5 Å². The van der Waals surface area contributed by atoms with Gasteiger partial charge >= 0.3 is 0 Å². The number of hydrogen-bond donors (Lipinski definition) is 2. The molecule has 0 aliphatic heterocycles. The zero-order valence-electron chi connectivity index (χ0n) is 17.5. The number of carbonyl (C=O) groups excluding carboxylic acids is 1. The molecule has 0 unspecified atom stereocenters. The molecule has 1 amide bonds. The minimum Gasteiger partial charge on any atom is -0.489 e. The summed E-state index contributed by atoms with van der Waals surface area (Å²) in [6.45, 7) is 5.72. The molecule has 0 aliphatic rings. The number of amides is 1. The lowest BCUT2D eigenvalue weighted by Crippen LogP contribution is -2.29. The van der Waals surface area contributed by atoms with E-state index in [2.05, 4.69) is 38.1 Å². The fourth-order valence-corrected chi connectivity index (χ4v) is 4.22. The maximum atomic E-state index is 12.3. The van der Waals surface area contributed by atoms with Crippen molar-refractivity contribution in [3.8, 4) is 5.75 Å². The Morgan fingerprint density at radius 1 is 1.29 bits per heavy atom. The van der Waals surface area contributed by atoms with Crippen LogP contribution < -0.4 is 15.0 Å². The maximum absolute atomic E-state index is 12.3. The minimum atomic E-state index is -0.589. The SMILES string of the molecule is CCN(Cc1cc(Br)ccc1OCc1ccccc1)c1ncc(C(=O)NC[C@H](C)O)s1. The van der Waals surface area contributed by atoms with Gasteiger partial charge in [0, 0.05) is 29.7 Å². The van der Waals surface area contributed by atoms with E-state index in [4.69, 9.17) is 4.74 Å². The predicted octanol–water partition coefficient (Wildman–Crippen LogP) is 4.62. The van der Waals surface area contributed by atoms with Crippen LogP contribution in [0.5, 0.6) is 5.75 Å². The Kier molecular flexibility index (Phi) is 8.45. The number of anilines is 1. The second-order valence-electron chi connectivity index (χ2n) is 7.11. The summed E-state index contributed by atoms with van der Waals surface area (Å²) in [5, 5.41) is 12.8. The standard InChI is InChI=1S/C23H26BrN3O3S/c1-3-27(23-26-13-21(31-23)22(29)25-12-16(2)28)14-18-11-19(24)9-10-20(18)30-15-17-7-5-4-6-8-17/h4-11,13,16,28H,3,12,14-15H2,1-2H3,(H,25,29)/t16-/m0/s1. The number of ether oxygens (including phenoxy) is 1. The van der Waals surface area contributed by atoms with Crippen LogP contribution in [0.15, 0.2) is 59.2 Å². The monoisotopic (exact) mass is 503 g/mol. The smallest absolute Gasteiger partial charge is 0.263 e. The molecule has 164 valence electrons. The van der Waals surface area contributed by atoms with Gasteiger partial charge in [0.15, 0.2) is 5.13 Å². The summed E-state index contributed by atoms with van der Waals surface area (Å²) in [4.78, 5) is 19.3. The number of aliphatic hydroxyl groups excluding tert-OH is 1. The van der Waals surface area contributed by atoms with E-state index in [1.54, 1.807) is 13.1 Å². The molecule has 0 bridgehead atoms. The molecule has 3 rings (SSSR count). The van der Waals surface area contributed by atoms with Crippen molar-refractivity contribution >= 4 is 38.3 Å². The third-order valence-electron chi connectivity index (χ3n) is 4.55. The molecule has 8 heteroatoms. The second kappa shape index (κ2) is 11.3. The molecular weight excluding hydrogens is 478 g/mol. The molecule has 1 aromatic heterocycles. The van der Waals surface area contributed by atoms with Gasteiger partial charge in [0.05, 0.1) is 12.3 Å². The largest absolute Gasteiger partial charge is 0.489 e. The molecule has 3 aromatic rings. The maximum Gasteiger partial charge on any atom is 0.263 e. The average molecular weight is 504 g/mol. The zero-order chi connectivity index (χ0) is 22.2. The first kappa shape index (κ1) is 23.2. The number of hydrogen-bond acceptors (Lipinski definition) is 6. The second-order valence-corrected chi connectivity index (χ2v) is 9.03. The van der Waals surface area contributed by atoms with Gasteiger partial charge in [-0.1, -0.05) is 57.6 Å². The van der Waals surface area contributed by atoms with E-state index in [1.165, 1.54) is 11.3 Å². The minimum absolute atomic E-state index is 0.212. The predicted molar refractivity (Wildman–Crippen MR) is 128 cm³/mol. The third kappa shape index (κ3) is 6.78. The van der Waals surface area contributed by atoms with E-state index < -0.39 is 6.10 Å². The van der Waals surface area contributed by atoms with E-state index >= 15 is 0 Å². The molecule has 2 aromatic carbocycles. The Morgan fingerprint density at radius 2 is 2.06 bits per heavy atom. The van der Waals surface area contributed by atoms with Crippen LogP contribution in [0, 0.1) is 0 Å². The highest BCUT2D eigenvalue weighted by Crippen LogP contribution is 2.29. The number of aliphatic hydroxyl groups is 1. The number of rotatable bonds is 10. The summed E-state index contributed by atoms with van der Waals surface area (Å²) in [5.74, 6) is 0.590. The highest BCUT2D eigenvalue weighted by molar-refractivity contribution is 9.10. The number of aromatic nitrogens is 1. The van der Waals surface area contributed by atoms with Gasteiger partial charge in [-0.2, -0.15) is 0 Å². The van der Waals surface area contributed by atoms with Crippen LogP contribution >= 0.6 is 27.3 Å². The molecular formula is C23H26BrN3O3S. The molecule has 0 saturated carbocycles. The van der Waals surface area contributed by atoms with Crippen LogP contribution in [-0.4, -0.2) is 35.2 Å². The van der Waals surface area contributed by atoms with Crippen molar-refractivity contribution in [3.05, 3.63) is 75.2 Å². The fraction of sp³-hybridized carbons (Fsp3) is 0.304. The van der Waals surface area contributed by atoms with E-state index in [9.17, 15) is 9.90 Å². The number of benzene rings is 2. The first-order valence-corrected chi connectivity index (χ1v) is 11.7. The summed E-state index contributed by atoms with van der Waals surface area (Å²) in [7, 11) is 0. The molecule has 1 heterocycles. The highest BCUT2D eigenvalue weighted by Gasteiger charge is 2.17. The van der Waals surface area contributed by atoms with Crippen LogP contribution in [0.4, 0.5) is 5.13 Å². The van der Waals surface area contributed by atoms with E-state index in [0.717, 1.165) is 33.0 Å². The van der Waals surface area contributed by atoms with Gasteiger partial charge in [-0.05, 0) is 37.6 Å². The number of nitrogens with one attached hydrogen (secondary N) is 1. The van der Waals surface area contributed by atoms with Gasteiger partial charge in [0.2, 0.25) is 0 Å². The van der Waals surface area contributed by atoms with Crippen LogP contribution in [0.3, 0.4) is 0 Å². The van der Waals surface area contributed by atoms with Crippen molar-refractivity contribution in [1.29, 1.82) is 0 Å². The molecule has 0 saturated heterocycles. The van der Waals surface area contributed by atoms with Crippen LogP contribution in [0.25, 0.3) is 0 Å². The van der Waals surface area contributed by atoms with Crippen LogP contribution in [0.2, 0.25) is 0 Å². The molecule has 0 aliphatic carbocycles. The molecule has 1 atom stereocenters.